The number of urea groups is 1. The summed E-state index contributed by atoms with van der Waals surface area (Å²) in [7, 11) is 3.32. The Hall–Kier alpha value is -2.69. The van der Waals surface area contributed by atoms with E-state index in [1.165, 1.54) is 0 Å². The maximum absolute atomic E-state index is 12.0. The van der Waals surface area contributed by atoms with Crippen LogP contribution in [0.4, 0.5) is 10.5 Å². The molecule has 2 rings (SSSR count). The topological polar surface area (TPSA) is 50.8 Å². The Morgan fingerprint density at radius 2 is 1.68 bits per heavy atom. The van der Waals surface area contributed by atoms with Gasteiger partial charge in [-0.2, -0.15) is 0 Å². The zero-order chi connectivity index (χ0) is 15.8. The predicted octanol–water partition coefficient (Wildman–Crippen LogP) is 2.92. The molecule has 1 N–H and O–H groups in total. The molecule has 0 aliphatic carbocycles. The van der Waals surface area contributed by atoms with E-state index >= 15 is 0 Å². The van der Waals surface area contributed by atoms with Crippen LogP contribution >= 0.6 is 0 Å². The van der Waals surface area contributed by atoms with Gasteiger partial charge in [-0.05, 0) is 24.3 Å². The van der Waals surface area contributed by atoms with Crippen molar-refractivity contribution < 1.29 is 14.3 Å². The summed E-state index contributed by atoms with van der Waals surface area (Å²) in [5.74, 6) is 1.34. The van der Waals surface area contributed by atoms with Crippen molar-refractivity contribution in [3.8, 4) is 11.5 Å². The fourth-order valence-corrected chi connectivity index (χ4v) is 1.94. The van der Waals surface area contributed by atoms with Crippen LogP contribution in [0.2, 0.25) is 0 Å². The number of carbonyl (C=O) groups excluding carboxylic acids is 1. The van der Waals surface area contributed by atoms with Gasteiger partial charge in [-0.1, -0.05) is 30.3 Å². The van der Waals surface area contributed by atoms with E-state index in [1.807, 2.05) is 54.6 Å². The molecule has 2 amide bonds. The van der Waals surface area contributed by atoms with Gasteiger partial charge in [-0.25, -0.2) is 4.79 Å². The Labute approximate surface area is 130 Å². The molecule has 0 aliphatic heterocycles. The molecule has 0 spiro atoms. The smallest absolute Gasteiger partial charge is 0.321 e. The van der Waals surface area contributed by atoms with Crippen molar-refractivity contribution in [3.63, 3.8) is 0 Å². The molecule has 0 radical (unpaired) electrons. The lowest BCUT2D eigenvalue weighted by molar-refractivity contribution is 0.242. The number of benzene rings is 2. The average Bonchev–Trinajstić information content (AvgIpc) is 2.59. The molecule has 116 valence electrons. The molecule has 0 unspecified atom stereocenters. The minimum atomic E-state index is -0.171. The van der Waals surface area contributed by atoms with Crippen LogP contribution in [0.25, 0.3) is 0 Å². The number of carbonyl (C=O) groups is 1. The van der Waals surface area contributed by atoms with Gasteiger partial charge in [0.1, 0.15) is 6.61 Å². The van der Waals surface area contributed by atoms with Crippen LogP contribution in [0.3, 0.4) is 0 Å². The maximum atomic E-state index is 12.0. The molecule has 0 aliphatic rings. The lowest BCUT2D eigenvalue weighted by Crippen LogP contribution is -2.39. The number of ether oxygens (including phenoxy) is 2. The van der Waals surface area contributed by atoms with Crippen LogP contribution in [0, 0.1) is 0 Å². The van der Waals surface area contributed by atoms with Gasteiger partial charge >= 0.3 is 6.03 Å². The summed E-state index contributed by atoms with van der Waals surface area (Å²) in [6, 6.07) is 16.7. The van der Waals surface area contributed by atoms with Crippen molar-refractivity contribution in [3.05, 3.63) is 54.6 Å². The molecular weight excluding hydrogens is 280 g/mol. The molecule has 2 aromatic carbocycles. The van der Waals surface area contributed by atoms with Crippen molar-refractivity contribution >= 4 is 11.7 Å². The standard InChI is InChI=1S/C17H20N2O3/c1-19(14-8-4-3-5-9-14)17(20)18-12-13-22-16-11-7-6-10-15(16)21-2/h3-11H,12-13H2,1-2H3,(H,18,20). The number of methoxy groups -OCH3 is 1. The van der Waals surface area contributed by atoms with Crippen LogP contribution in [0.15, 0.2) is 54.6 Å². The number of hydrogen-bond donors (Lipinski definition) is 1. The second-order valence-electron chi connectivity index (χ2n) is 4.63. The van der Waals surface area contributed by atoms with Gasteiger partial charge in [0.25, 0.3) is 0 Å². The van der Waals surface area contributed by atoms with Crippen molar-refractivity contribution in [2.75, 3.05) is 32.2 Å². The van der Waals surface area contributed by atoms with Gasteiger partial charge in [0.2, 0.25) is 0 Å². The number of nitrogens with one attached hydrogen (secondary N) is 1. The average molecular weight is 300 g/mol. The fourth-order valence-electron chi connectivity index (χ4n) is 1.94. The first kappa shape index (κ1) is 15.7. The highest BCUT2D eigenvalue weighted by molar-refractivity contribution is 5.91. The van der Waals surface area contributed by atoms with E-state index in [0.717, 1.165) is 5.69 Å². The fraction of sp³-hybridized carbons (Fsp3) is 0.235. The Morgan fingerprint density at radius 3 is 2.36 bits per heavy atom. The molecule has 0 fully saturated rings. The van der Waals surface area contributed by atoms with E-state index < -0.39 is 0 Å². The van der Waals surface area contributed by atoms with Crippen LogP contribution in [0.5, 0.6) is 11.5 Å². The Bertz CT molecular complexity index is 602. The summed E-state index contributed by atoms with van der Waals surface area (Å²) in [5.41, 5.74) is 0.839. The van der Waals surface area contributed by atoms with E-state index in [-0.39, 0.29) is 6.03 Å². The summed E-state index contributed by atoms with van der Waals surface area (Å²) in [5, 5.41) is 2.81. The molecule has 0 aromatic heterocycles. The largest absolute Gasteiger partial charge is 0.493 e. The molecule has 2 aromatic rings. The lowest BCUT2D eigenvalue weighted by atomic mass is 10.3. The lowest BCUT2D eigenvalue weighted by Gasteiger charge is -2.18. The van der Waals surface area contributed by atoms with Gasteiger partial charge in [0, 0.05) is 12.7 Å². The second kappa shape index (κ2) is 7.93. The highest BCUT2D eigenvalue weighted by Gasteiger charge is 2.09. The monoisotopic (exact) mass is 300 g/mol. The predicted molar refractivity (Wildman–Crippen MR) is 86.7 cm³/mol. The van der Waals surface area contributed by atoms with Gasteiger partial charge in [0.05, 0.1) is 13.7 Å². The zero-order valence-corrected chi connectivity index (χ0v) is 12.8. The molecule has 5 nitrogen and oxygen atoms in total. The van der Waals surface area contributed by atoms with Crippen LogP contribution in [0.1, 0.15) is 0 Å². The molecular formula is C17H20N2O3. The first-order valence-corrected chi connectivity index (χ1v) is 7.05. The van der Waals surface area contributed by atoms with Crippen molar-refractivity contribution in [1.29, 1.82) is 0 Å². The summed E-state index contributed by atoms with van der Waals surface area (Å²) < 4.78 is 10.8. The van der Waals surface area contributed by atoms with Crippen molar-refractivity contribution in [1.82, 2.24) is 5.32 Å². The van der Waals surface area contributed by atoms with Crippen LogP contribution in [-0.2, 0) is 0 Å². The highest BCUT2D eigenvalue weighted by Crippen LogP contribution is 2.25. The Morgan fingerprint density at radius 1 is 1.05 bits per heavy atom. The molecule has 5 heteroatoms. The van der Waals surface area contributed by atoms with Gasteiger partial charge in [-0.15, -0.1) is 0 Å². The zero-order valence-electron chi connectivity index (χ0n) is 12.8. The Kier molecular flexibility index (Phi) is 5.65. The molecule has 22 heavy (non-hydrogen) atoms. The minimum absolute atomic E-state index is 0.171. The number of hydrogen-bond acceptors (Lipinski definition) is 3. The van der Waals surface area contributed by atoms with Crippen molar-refractivity contribution in [2.24, 2.45) is 0 Å². The minimum Gasteiger partial charge on any atom is -0.493 e. The SMILES string of the molecule is COc1ccccc1OCCNC(=O)N(C)c1ccccc1. The molecule has 0 heterocycles. The molecule has 0 saturated heterocycles. The third-order valence-corrected chi connectivity index (χ3v) is 3.15. The third-order valence-electron chi connectivity index (χ3n) is 3.15. The van der Waals surface area contributed by atoms with Crippen molar-refractivity contribution in [2.45, 2.75) is 0 Å². The van der Waals surface area contributed by atoms with Crippen LogP contribution in [-0.4, -0.2) is 33.3 Å². The van der Waals surface area contributed by atoms with E-state index in [0.29, 0.717) is 24.7 Å². The van der Waals surface area contributed by atoms with Crippen LogP contribution < -0.4 is 19.7 Å². The number of anilines is 1. The summed E-state index contributed by atoms with van der Waals surface area (Å²) in [6.07, 6.45) is 0. The van der Waals surface area contributed by atoms with Gasteiger partial charge in [0.15, 0.2) is 11.5 Å². The summed E-state index contributed by atoms with van der Waals surface area (Å²) >= 11 is 0. The normalized spacial score (nSPS) is 9.91. The summed E-state index contributed by atoms with van der Waals surface area (Å²) in [4.78, 5) is 13.6. The quantitative estimate of drug-likeness (QED) is 0.835. The second-order valence-corrected chi connectivity index (χ2v) is 4.63. The van der Waals surface area contributed by atoms with E-state index in [1.54, 1.807) is 19.1 Å². The van der Waals surface area contributed by atoms with E-state index in [4.69, 9.17) is 9.47 Å². The maximum Gasteiger partial charge on any atom is 0.321 e. The molecule has 0 atom stereocenters. The first-order chi connectivity index (χ1) is 10.7. The number of para-hydroxylation sites is 3. The van der Waals surface area contributed by atoms with E-state index in [2.05, 4.69) is 5.32 Å². The molecule has 0 bridgehead atoms. The third kappa shape index (κ3) is 4.15. The number of nitrogens with zero attached hydrogens (tertiary/aromatic N) is 1. The Balaban J connectivity index is 1.78. The summed E-state index contributed by atoms with van der Waals surface area (Å²) in [6.45, 7) is 0.781. The number of amides is 2. The van der Waals surface area contributed by atoms with Gasteiger partial charge in [-0.3, -0.25) is 4.90 Å². The first-order valence-electron chi connectivity index (χ1n) is 7.05. The van der Waals surface area contributed by atoms with Gasteiger partial charge < -0.3 is 14.8 Å². The highest BCUT2D eigenvalue weighted by atomic mass is 16.5. The molecule has 0 saturated carbocycles. The number of rotatable bonds is 6. The van der Waals surface area contributed by atoms with E-state index in [9.17, 15) is 4.79 Å².